The molecule has 1 aromatic heterocycles. The molecule has 2 aliphatic carbocycles. The van der Waals surface area contributed by atoms with Gasteiger partial charge in [-0.05, 0) is 58.8 Å². The van der Waals surface area contributed by atoms with E-state index in [1.807, 2.05) is 6.92 Å². The van der Waals surface area contributed by atoms with Crippen molar-refractivity contribution in [2.24, 2.45) is 5.92 Å². The van der Waals surface area contributed by atoms with Gasteiger partial charge in [-0.3, -0.25) is 9.48 Å². The molecule has 0 saturated heterocycles. The molecule has 2 saturated carbocycles. The van der Waals surface area contributed by atoms with Crippen LogP contribution < -0.4 is 5.32 Å². The van der Waals surface area contributed by atoms with Gasteiger partial charge >= 0.3 is 0 Å². The SMILES string of the molecule is CC(C(=O)N[C@@H]1CCC[C@@H]1Cn1cc(C(C)(C)O)nn1)=C1CCC1. The minimum atomic E-state index is -0.979. The number of nitrogens with zero attached hydrogens (tertiary/aromatic N) is 3. The Balaban J connectivity index is 1.61. The van der Waals surface area contributed by atoms with Crippen molar-refractivity contribution in [2.75, 3.05) is 0 Å². The number of carbonyl (C=O) groups excluding carboxylic acids is 1. The molecule has 1 amide bonds. The molecule has 3 rings (SSSR count). The van der Waals surface area contributed by atoms with Gasteiger partial charge in [-0.2, -0.15) is 0 Å². The van der Waals surface area contributed by atoms with Gasteiger partial charge in [-0.15, -0.1) is 5.10 Å². The van der Waals surface area contributed by atoms with Gasteiger partial charge in [0.15, 0.2) is 0 Å². The molecular weight excluding hydrogens is 304 g/mol. The first kappa shape index (κ1) is 17.1. The van der Waals surface area contributed by atoms with Crippen molar-refractivity contribution < 1.29 is 9.90 Å². The molecule has 0 aliphatic heterocycles. The number of aliphatic hydroxyl groups is 1. The molecule has 24 heavy (non-hydrogen) atoms. The highest BCUT2D eigenvalue weighted by Crippen LogP contribution is 2.30. The molecule has 0 spiro atoms. The Morgan fingerprint density at radius 2 is 2.12 bits per heavy atom. The molecule has 0 unspecified atom stereocenters. The van der Waals surface area contributed by atoms with E-state index in [1.165, 1.54) is 12.0 Å². The van der Waals surface area contributed by atoms with E-state index in [0.29, 0.717) is 11.6 Å². The van der Waals surface area contributed by atoms with Crippen LogP contribution in [0, 0.1) is 5.92 Å². The molecule has 0 radical (unpaired) electrons. The van der Waals surface area contributed by atoms with Gasteiger partial charge < -0.3 is 10.4 Å². The molecule has 2 fully saturated rings. The van der Waals surface area contributed by atoms with Crippen LogP contribution in [0.3, 0.4) is 0 Å². The maximum absolute atomic E-state index is 12.4. The van der Waals surface area contributed by atoms with Crippen molar-refractivity contribution >= 4 is 5.91 Å². The molecular formula is C18H28N4O2. The van der Waals surface area contributed by atoms with Crippen molar-refractivity contribution in [1.82, 2.24) is 20.3 Å². The fourth-order valence-corrected chi connectivity index (χ4v) is 3.52. The summed E-state index contributed by atoms with van der Waals surface area (Å²) < 4.78 is 1.79. The van der Waals surface area contributed by atoms with E-state index >= 15 is 0 Å². The lowest BCUT2D eigenvalue weighted by molar-refractivity contribution is -0.118. The van der Waals surface area contributed by atoms with Crippen molar-refractivity contribution in [2.45, 2.75) is 77.5 Å². The summed E-state index contributed by atoms with van der Waals surface area (Å²) in [5.41, 5.74) is 1.82. The summed E-state index contributed by atoms with van der Waals surface area (Å²) in [6, 6.07) is 0.197. The lowest BCUT2D eigenvalue weighted by atomic mass is 9.88. The van der Waals surface area contributed by atoms with E-state index in [2.05, 4.69) is 15.6 Å². The molecule has 2 atom stereocenters. The summed E-state index contributed by atoms with van der Waals surface area (Å²) in [6.07, 6.45) is 8.39. The lowest BCUT2D eigenvalue weighted by Crippen LogP contribution is -2.39. The second-order valence-electron chi connectivity index (χ2n) is 7.74. The fourth-order valence-electron chi connectivity index (χ4n) is 3.52. The summed E-state index contributed by atoms with van der Waals surface area (Å²) in [6.45, 7) is 6.08. The molecule has 2 N–H and O–H groups in total. The van der Waals surface area contributed by atoms with Gasteiger partial charge in [0.1, 0.15) is 11.3 Å². The number of hydrogen-bond donors (Lipinski definition) is 2. The number of nitrogens with one attached hydrogen (secondary N) is 1. The van der Waals surface area contributed by atoms with Crippen LogP contribution in [0.1, 0.15) is 65.0 Å². The third kappa shape index (κ3) is 3.69. The Morgan fingerprint density at radius 3 is 2.71 bits per heavy atom. The van der Waals surface area contributed by atoms with E-state index in [-0.39, 0.29) is 11.9 Å². The summed E-state index contributed by atoms with van der Waals surface area (Å²) in [4.78, 5) is 12.4. The average molecular weight is 332 g/mol. The number of allylic oxidation sites excluding steroid dienone is 1. The van der Waals surface area contributed by atoms with Crippen LogP contribution in [0.25, 0.3) is 0 Å². The zero-order chi connectivity index (χ0) is 17.3. The standard InChI is InChI=1S/C18H28N4O2/c1-12(13-6-4-7-13)17(23)19-15-9-5-8-14(15)10-22-11-16(20-21-22)18(2,3)24/h11,14-15,24H,4-10H2,1-3H3,(H,19,23)/t14-,15-/m1/s1. The Bertz CT molecular complexity index is 636. The highest BCUT2D eigenvalue weighted by molar-refractivity contribution is 5.94. The van der Waals surface area contributed by atoms with Crippen LogP contribution in [0.2, 0.25) is 0 Å². The zero-order valence-corrected chi connectivity index (χ0v) is 14.9. The number of carbonyl (C=O) groups is 1. The molecule has 0 aromatic carbocycles. The zero-order valence-electron chi connectivity index (χ0n) is 14.9. The van der Waals surface area contributed by atoms with Gasteiger partial charge in [0.2, 0.25) is 5.91 Å². The Hall–Kier alpha value is -1.69. The summed E-state index contributed by atoms with van der Waals surface area (Å²) >= 11 is 0. The molecule has 6 nitrogen and oxygen atoms in total. The Labute approximate surface area is 143 Å². The number of amides is 1. The van der Waals surface area contributed by atoms with E-state index in [9.17, 15) is 9.90 Å². The predicted octanol–water partition coefficient (Wildman–Crippen LogP) is 2.29. The fraction of sp³-hybridized carbons (Fsp3) is 0.722. The topological polar surface area (TPSA) is 80.0 Å². The first-order valence-corrected chi connectivity index (χ1v) is 8.97. The second-order valence-corrected chi connectivity index (χ2v) is 7.74. The number of hydrogen-bond acceptors (Lipinski definition) is 4. The minimum Gasteiger partial charge on any atom is -0.384 e. The first-order chi connectivity index (χ1) is 11.3. The largest absolute Gasteiger partial charge is 0.384 e. The highest BCUT2D eigenvalue weighted by Gasteiger charge is 2.30. The van der Waals surface area contributed by atoms with Crippen molar-refractivity contribution in [3.05, 3.63) is 23.0 Å². The minimum absolute atomic E-state index is 0.0948. The van der Waals surface area contributed by atoms with Crippen molar-refractivity contribution in [1.29, 1.82) is 0 Å². The van der Waals surface area contributed by atoms with E-state index < -0.39 is 5.60 Å². The summed E-state index contributed by atoms with van der Waals surface area (Å²) in [5.74, 6) is 0.460. The van der Waals surface area contributed by atoms with Gasteiger partial charge in [-0.1, -0.05) is 17.2 Å². The van der Waals surface area contributed by atoms with Crippen molar-refractivity contribution in [3.8, 4) is 0 Å². The molecule has 1 aromatic rings. The quantitative estimate of drug-likeness (QED) is 0.811. The van der Waals surface area contributed by atoms with Crippen LogP contribution >= 0.6 is 0 Å². The smallest absolute Gasteiger partial charge is 0.247 e. The molecule has 0 bridgehead atoms. The maximum atomic E-state index is 12.4. The molecule has 132 valence electrons. The summed E-state index contributed by atoms with van der Waals surface area (Å²) in [7, 11) is 0. The number of rotatable bonds is 5. The van der Waals surface area contributed by atoms with Crippen LogP contribution in [0.5, 0.6) is 0 Å². The predicted molar refractivity (Wildman–Crippen MR) is 91.1 cm³/mol. The number of aromatic nitrogens is 3. The van der Waals surface area contributed by atoms with Crippen molar-refractivity contribution in [3.63, 3.8) is 0 Å². The third-order valence-electron chi connectivity index (χ3n) is 5.39. The normalized spacial score (nSPS) is 23.9. The van der Waals surface area contributed by atoms with E-state index in [4.69, 9.17) is 0 Å². The van der Waals surface area contributed by atoms with Gasteiger partial charge in [0.05, 0.1) is 6.20 Å². The summed E-state index contributed by atoms with van der Waals surface area (Å²) in [5, 5.41) is 21.4. The van der Waals surface area contributed by atoms with E-state index in [1.54, 1.807) is 24.7 Å². The van der Waals surface area contributed by atoms with Crippen LogP contribution in [-0.2, 0) is 16.9 Å². The molecule has 1 heterocycles. The molecule has 2 aliphatic rings. The van der Waals surface area contributed by atoms with Gasteiger partial charge in [0.25, 0.3) is 0 Å². The first-order valence-electron chi connectivity index (χ1n) is 8.97. The average Bonchev–Trinajstić information content (AvgIpc) is 3.07. The van der Waals surface area contributed by atoms with Gasteiger partial charge in [-0.25, -0.2) is 0 Å². The maximum Gasteiger partial charge on any atom is 0.247 e. The Kier molecular flexibility index (Phi) is 4.76. The monoisotopic (exact) mass is 332 g/mol. The van der Waals surface area contributed by atoms with Crippen LogP contribution in [-0.4, -0.2) is 32.0 Å². The molecule has 6 heteroatoms. The van der Waals surface area contributed by atoms with Crippen LogP contribution in [0.15, 0.2) is 17.3 Å². The highest BCUT2D eigenvalue weighted by atomic mass is 16.3. The van der Waals surface area contributed by atoms with E-state index in [0.717, 1.165) is 44.2 Å². The third-order valence-corrected chi connectivity index (χ3v) is 5.39. The second kappa shape index (κ2) is 6.67. The lowest BCUT2D eigenvalue weighted by Gasteiger charge is -2.24. The Morgan fingerprint density at radius 1 is 1.38 bits per heavy atom. The van der Waals surface area contributed by atoms with Gasteiger partial charge in [0, 0.05) is 18.2 Å². The van der Waals surface area contributed by atoms with Crippen LogP contribution in [0.4, 0.5) is 0 Å².